The van der Waals surface area contributed by atoms with Crippen LogP contribution >= 0.6 is 11.8 Å². The van der Waals surface area contributed by atoms with Crippen molar-refractivity contribution in [3.05, 3.63) is 118 Å². The largest absolute Gasteiger partial charge is 0.489 e. The molecule has 1 N–H and O–H groups in total. The maximum atomic E-state index is 13.9. The molecule has 0 saturated carbocycles. The minimum absolute atomic E-state index is 0.110. The van der Waals surface area contributed by atoms with Crippen LogP contribution in [-0.4, -0.2) is 33.1 Å². The summed E-state index contributed by atoms with van der Waals surface area (Å²) in [5, 5.41) is 1.93. The van der Waals surface area contributed by atoms with Crippen molar-refractivity contribution < 1.29 is 27.9 Å². The number of halogens is 2. The van der Waals surface area contributed by atoms with Gasteiger partial charge in [0.1, 0.15) is 30.5 Å². The van der Waals surface area contributed by atoms with Gasteiger partial charge in [-0.1, -0.05) is 24.3 Å². The van der Waals surface area contributed by atoms with Gasteiger partial charge in [-0.05, 0) is 91.8 Å². The predicted molar refractivity (Wildman–Crippen MR) is 154 cm³/mol. The van der Waals surface area contributed by atoms with Crippen molar-refractivity contribution in [3.63, 3.8) is 0 Å². The summed E-state index contributed by atoms with van der Waals surface area (Å²) in [5.41, 5.74) is 4.06. The number of nitrogens with zero attached hydrogens (tertiary/aromatic N) is 2. The van der Waals surface area contributed by atoms with Crippen molar-refractivity contribution >= 4 is 40.6 Å². The van der Waals surface area contributed by atoms with E-state index >= 15 is 0 Å². The number of hydrogen-bond acceptors (Lipinski definition) is 5. The van der Waals surface area contributed by atoms with Gasteiger partial charge < -0.3 is 14.6 Å². The summed E-state index contributed by atoms with van der Waals surface area (Å²) in [7, 11) is 0. The van der Waals surface area contributed by atoms with Crippen molar-refractivity contribution in [1.29, 1.82) is 0 Å². The molecule has 7 nitrogen and oxygen atoms in total. The number of hydrogen-bond donors (Lipinski definition) is 1. The highest BCUT2D eigenvalue weighted by molar-refractivity contribution is 8.18. The minimum Gasteiger partial charge on any atom is -0.489 e. The lowest BCUT2D eigenvalue weighted by Gasteiger charge is -2.12. The van der Waals surface area contributed by atoms with E-state index in [1.807, 2.05) is 36.6 Å². The van der Waals surface area contributed by atoms with Crippen molar-refractivity contribution in [2.24, 2.45) is 0 Å². The Kier molecular flexibility index (Phi) is 8.02. The Bertz CT molecular complexity index is 1680. The number of imide groups is 1. The number of benzene rings is 3. The number of ether oxygens (including phenoxy) is 1. The van der Waals surface area contributed by atoms with E-state index in [-0.39, 0.29) is 23.0 Å². The molecule has 3 aromatic carbocycles. The molecule has 10 heteroatoms. The molecule has 1 aromatic heterocycles. The summed E-state index contributed by atoms with van der Waals surface area (Å²) in [6.07, 6.45) is 1.64. The van der Waals surface area contributed by atoms with Gasteiger partial charge in [0.25, 0.3) is 11.1 Å². The standard InChI is InChI=1S/C31H25F2N3O4S/c1-19-14-22(15-28-30(38)35(31(39)41-28)17-29(37)34-24-8-5-7-23(32)16-24)20(2)36(19)25-10-12-26(13-11-25)40-18-21-6-3-4-9-27(21)33/h3-16H,17-18H2,1-2H3,(H,34,37)/b28-15+. The van der Waals surface area contributed by atoms with E-state index in [0.29, 0.717) is 11.3 Å². The van der Waals surface area contributed by atoms with Crippen molar-refractivity contribution in [1.82, 2.24) is 9.47 Å². The normalized spacial score (nSPS) is 14.1. The number of carbonyl (C=O) groups is 3. The third-order valence-electron chi connectivity index (χ3n) is 6.49. The highest BCUT2D eigenvalue weighted by Crippen LogP contribution is 2.34. The molecule has 0 spiro atoms. The Morgan fingerprint density at radius 1 is 0.976 bits per heavy atom. The Morgan fingerprint density at radius 2 is 1.73 bits per heavy atom. The number of carbonyl (C=O) groups excluding carboxylic acids is 3. The zero-order valence-corrected chi connectivity index (χ0v) is 23.0. The first-order valence-corrected chi connectivity index (χ1v) is 13.5. The van der Waals surface area contributed by atoms with E-state index in [1.54, 1.807) is 36.4 Å². The molecule has 4 aromatic rings. The first-order chi connectivity index (χ1) is 19.7. The minimum atomic E-state index is -0.612. The molecule has 1 saturated heterocycles. The van der Waals surface area contributed by atoms with Gasteiger partial charge in [0, 0.05) is 28.3 Å². The van der Waals surface area contributed by atoms with Crippen LogP contribution in [0.25, 0.3) is 11.8 Å². The number of rotatable bonds is 8. The first-order valence-electron chi connectivity index (χ1n) is 12.7. The molecular weight excluding hydrogens is 548 g/mol. The summed E-state index contributed by atoms with van der Waals surface area (Å²) >= 11 is 0.760. The van der Waals surface area contributed by atoms with Gasteiger partial charge in [0.05, 0.1) is 4.91 Å². The van der Waals surface area contributed by atoms with Crippen LogP contribution in [0.4, 0.5) is 19.3 Å². The van der Waals surface area contributed by atoms with Gasteiger partial charge in [-0.25, -0.2) is 8.78 Å². The van der Waals surface area contributed by atoms with Crippen LogP contribution in [0.1, 0.15) is 22.5 Å². The maximum Gasteiger partial charge on any atom is 0.294 e. The predicted octanol–water partition coefficient (Wildman–Crippen LogP) is 6.63. The van der Waals surface area contributed by atoms with Crippen LogP contribution in [0.2, 0.25) is 0 Å². The second kappa shape index (κ2) is 11.8. The number of thioether (sulfide) groups is 1. The Balaban J connectivity index is 1.28. The first kappa shape index (κ1) is 27.9. The average Bonchev–Trinajstić information content (AvgIpc) is 3.37. The highest BCUT2D eigenvalue weighted by atomic mass is 32.2. The lowest BCUT2D eigenvalue weighted by atomic mass is 10.2. The number of aryl methyl sites for hydroxylation is 1. The second-order valence-electron chi connectivity index (χ2n) is 9.36. The Morgan fingerprint density at radius 3 is 2.46 bits per heavy atom. The summed E-state index contributed by atoms with van der Waals surface area (Å²) in [6.45, 7) is 3.45. The molecule has 0 radical (unpaired) electrons. The van der Waals surface area contributed by atoms with Gasteiger partial charge in [0.15, 0.2) is 0 Å². The fourth-order valence-electron chi connectivity index (χ4n) is 4.49. The molecule has 0 atom stereocenters. The Labute approximate surface area is 239 Å². The fraction of sp³-hybridized carbons (Fsp3) is 0.129. The number of amides is 3. The molecule has 5 rings (SSSR count). The van der Waals surface area contributed by atoms with Crippen molar-refractivity contribution in [2.75, 3.05) is 11.9 Å². The number of nitrogens with one attached hydrogen (secondary N) is 1. The number of aromatic nitrogens is 1. The molecule has 0 aliphatic carbocycles. The second-order valence-corrected chi connectivity index (χ2v) is 10.4. The summed E-state index contributed by atoms with van der Waals surface area (Å²) in [5.74, 6) is -1.43. The molecule has 0 bridgehead atoms. The quantitative estimate of drug-likeness (QED) is 0.240. The van der Waals surface area contributed by atoms with Gasteiger partial charge in [-0.15, -0.1) is 0 Å². The molecule has 1 fully saturated rings. The van der Waals surface area contributed by atoms with Crippen LogP contribution in [-0.2, 0) is 16.2 Å². The van der Waals surface area contributed by atoms with Gasteiger partial charge in [-0.2, -0.15) is 0 Å². The average molecular weight is 574 g/mol. The molecule has 3 amide bonds. The van der Waals surface area contributed by atoms with E-state index in [4.69, 9.17) is 4.74 Å². The third kappa shape index (κ3) is 6.22. The Hall–Kier alpha value is -4.70. The molecular formula is C31H25F2N3O4S. The van der Waals surface area contributed by atoms with Crippen molar-refractivity contribution in [3.8, 4) is 11.4 Å². The van der Waals surface area contributed by atoms with Crippen LogP contribution in [0.5, 0.6) is 5.75 Å². The van der Waals surface area contributed by atoms with Gasteiger partial charge in [0.2, 0.25) is 5.91 Å². The molecule has 41 heavy (non-hydrogen) atoms. The molecule has 1 aliphatic heterocycles. The van der Waals surface area contributed by atoms with Crippen LogP contribution in [0.3, 0.4) is 0 Å². The van der Waals surface area contributed by atoms with Gasteiger partial charge in [-0.3, -0.25) is 19.3 Å². The molecule has 2 heterocycles. The summed E-state index contributed by atoms with van der Waals surface area (Å²) < 4.78 is 35.0. The van der Waals surface area contributed by atoms with E-state index in [1.165, 1.54) is 24.3 Å². The molecule has 1 aliphatic rings. The zero-order chi connectivity index (χ0) is 29.1. The van der Waals surface area contributed by atoms with Gasteiger partial charge >= 0.3 is 0 Å². The van der Waals surface area contributed by atoms with Crippen LogP contribution < -0.4 is 10.1 Å². The fourth-order valence-corrected chi connectivity index (χ4v) is 5.32. The van der Waals surface area contributed by atoms with E-state index in [9.17, 15) is 23.2 Å². The molecule has 208 valence electrons. The highest BCUT2D eigenvalue weighted by Gasteiger charge is 2.36. The third-order valence-corrected chi connectivity index (χ3v) is 7.40. The maximum absolute atomic E-state index is 13.9. The topological polar surface area (TPSA) is 80.6 Å². The summed E-state index contributed by atoms with van der Waals surface area (Å²) in [4.78, 5) is 39.0. The van der Waals surface area contributed by atoms with Crippen LogP contribution in [0, 0.1) is 25.5 Å². The zero-order valence-electron chi connectivity index (χ0n) is 22.2. The van der Waals surface area contributed by atoms with Crippen LogP contribution in [0.15, 0.2) is 83.8 Å². The van der Waals surface area contributed by atoms with E-state index < -0.39 is 29.4 Å². The molecule has 0 unspecified atom stereocenters. The van der Waals surface area contributed by atoms with Crippen molar-refractivity contribution in [2.45, 2.75) is 20.5 Å². The van der Waals surface area contributed by atoms with E-state index in [2.05, 4.69) is 5.32 Å². The monoisotopic (exact) mass is 573 g/mol. The summed E-state index contributed by atoms with van der Waals surface area (Å²) in [6, 6.07) is 21.1. The lowest BCUT2D eigenvalue weighted by molar-refractivity contribution is -0.127. The smallest absolute Gasteiger partial charge is 0.294 e. The number of anilines is 1. The SMILES string of the molecule is Cc1cc(/C=C2/SC(=O)N(CC(=O)Nc3cccc(F)c3)C2=O)c(C)n1-c1ccc(OCc2ccccc2F)cc1. The van der Waals surface area contributed by atoms with E-state index in [0.717, 1.165) is 45.4 Å². The lowest BCUT2D eigenvalue weighted by Crippen LogP contribution is -2.36.